The normalized spacial score (nSPS) is 24.1. The molecule has 0 aromatic heterocycles. The van der Waals surface area contributed by atoms with Crippen molar-refractivity contribution < 1.29 is 28.7 Å². The average Bonchev–Trinajstić information content (AvgIpc) is 3.18. The van der Waals surface area contributed by atoms with Crippen molar-refractivity contribution in [2.45, 2.75) is 89.8 Å². The van der Waals surface area contributed by atoms with Crippen molar-refractivity contribution in [2.24, 2.45) is 5.92 Å². The van der Waals surface area contributed by atoms with Crippen molar-refractivity contribution in [1.82, 2.24) is 20.4 Å². The number of anilines is 1. The number of rotatable bonds is 7. The van der Waals surface area contributed by atoms with Crippen molar-refractivity contribution in [3.8, 4) is 0 Å². The standard InChI is InChI=1S/C31H43N5O6/c1-31(2,3)42-30(41)32-21-13-17-34(18-14-21)15-5-7-20-8-6-16-35(19-20)23-10-4-9-22-26(23)29(40)36(28(22)39)24-11-12-25(37)33-27(24)38/h4,9-10,20-21,24H,5-8,11-19H2,1-3H3,(H,32,41)(H,33,37,38). The third-order valence-corrected chi connectivity index (χ3v) is 8.70. The summed E-state index contributed by atoms with van der Waals surface area (Å²) in [7, 11) is 0. The van der Waals surface area contributed by atoms with E-state index >= 15 is 0 Å². The molecule has 0 radical (unpaired) electrons. The van der Waals surface area contributed by atoms with Crippen LogP contribution in [0.4, 0.5) is 10.5 Å². The number of likely N-dealkylation sites (tertiary alicyclic amines) is 1. The fourth-order valence-corrected chi connectivity index (χ4v) is 6.66. The molecule has 42 heavy (non-hydrogen) atoms. The van der Waals surface area contributed by atoms with Gasteiger partial charge in [-0.3, -0.25) is 29.4 Å². The summed E-state index contributed by atoms with van der Waals surface area (Å²) in [5.41, 5.74) is 0.956. The molecule has 4 heterocycles. The molecule has 0 aliphatic carbocycles. The largest absolute Gasteiger partial charge is 0.444 e. The molecular formula is C31H43N5O6. The van der Waals surface area contributed by atoms with Gasteiger partial charge in [-0.05, 0) is 90.3 Å². The minimum atomic E-state index is -0.963. The number of imide groups is 2. The number of alkyl carbamates (subject to hydrolysis) is 1. The molecule has 0 saturated carbocycles. The highest BCUT2D eigenvalue weighted by Crippen LogP contribution is 2.36. The molecule has 0 spiro atoms. The van der Waals surface area contributed by atoms with Crippen LogP contribution in [0.25, 0.3) is 0 Å². The van der Waals surface area contributed by atoms with Crippen molar-refractivity contribution in [1.29, 1.82) is 0 Å². The number of hydrogen-bond acceptors (Lipinski definition) is 8. The number of piperidine rings is 3. The fourth-order valence-electron chi connectivity index (χ4n) is 6.66. The second-order valence-electron chi connectivity index (χ2n) is 13.0. The molecule has 228 valence electrons. The minimum Gasteiger partial charge on any atom is -0.444 e. The van der Waals surface area contributed by atoms with Crippen LogP contribution in [0.15, 0.2) is 18.2 Å². The third-order valence-electron chi connectivity index (χ3n) is 8.70. The third kappa shape index (κ3) is 6.77. The van der Waals surface area contributed by atoms with Crippen molar-refractivity contribution >= 4 is 35.4 Å². The van der Waals surface area contributed by atoms with Gasteiger partial charge >= 0.3 is 6.09 Å². The Morgan fingerprint density at radius 1 is 1.02 bits per heavy atom. The molecule has 1 aromatic rings. The van der Waals surface area contributed by atoms with Crippen LogP contribution >= 0.6 is 0 Å². The molecular weight excluding hydrogens is 538 g/mol. The van der Waals surface area contributed by atoms with Crippen LogP contribution in [-0.4, -0.2) is 89.9 Å². The summed E-state index contributed by atoms with van der Waals surface area (Å²) in [6, 6.07) is 4.54. The molecule has 4 aliphatic rings. The lowest BCUT2D eigenvalue weighted by atomic mass is 9.92. The predicted molar refractivity (Wildman–Crippen MR) is 156 cm³/mol. The Morgan fingerprint density at radius 2 is 1.79 bits per heavy atom. The summed E-state index contributed by atoms with van der Waals surface area (Å²) >= 11 is 0. The molecule has 1 aromatic carbocycles. The molecule has 11 nitrogen and oxygen atoms in total. The van der Waals surface area contributed by atoms with Gasteiger partial charge in [0.05, 0.1) is 16.8 Å². The topological polar surface area (TPSA) is 128 Å². The number of amides is 5. The summed E-state index contributed by atoms with van der Waals surface area (Å²) in [5, 5.41) is 5.26. The van der Waals surface area contributed by atoms with Crippen molar-refractivity contribution in [2.75, 3.05) is 37.6 Å². The number of nitrogens with zero attached hydrogens (tertiary/aromatic N) is 3. The van der Waals surface area contributed by atoms with Crippen molar-refractivity contribution in [3.63, 3.8) is 0 Å². The van der Waals surface area contributed by atoms with E-state index in [0.29, 0.717) is 17.0 Å². The smallest absolute Gasteiger partial charge is 0.407 e. The number of carbonyl (C=O) groups is 5. The Morgan fingerprint density at radius 3 is 2.50 bits per heavy atom. The first-order valence-electron chi connectivity index (χ1n) is 15.3. The Bertz CT molecular complexity index is 1230. The van der Waals surface area contributed by atoms with E-state index in [1.54, 1.807) is 12.1 Å². The lowest BCUT2D eigenvalue weighted by Crippen LogP contribution is -2.54. The molecule has 0 bridgehead atoms. The number of hydrogen-bond donors (Lipinski definition) is 2. The van der Waals surface area contributed by atoms with E-state index in [4.69, 9.17) is 4.74 Å². The van der Waals surface area contributed by atoms with Gasteiger partial charge < -0.3 is 19.9 Å². The van der Waals surface area contributed by atoms with Crippen LogP contribution in [0.1, 0.15) is 92.9 Å². The molecule has 4 aliphatic heterocycles. The highest BCUT2D eigenvalue weighted by molar-refractivity contribution is 6.25. The molecule has 3 fully saturated rings. The number of carbonyl (C=O) groups excluding carboxylic acids is 5. The van der Waals surface area contributed by atoms with Crippen LogP contribution < -0.4 is 15.5 Å². The van der Waals surface area contributed by atoms with Crippen molar-refractivity contribution in [3.05, 3.63) is 29.3 Å². The van der Waals surface area contributed by atoms with Crippen LogP contribution in [-0.2, 0) is 14.3 Å². The Labute approximate surface area is 247 Å². The Balaban J connectivity index is 1.12. The van der Waals surface area contributed by atoms with E-state index in [2.05, 4.69) is 20.4 Å². The summed E-state index contributed by atoms with van der Waals surface area (Å²) in [6.45, 7) is 10.1. The van der Waals surface area contributed by atoms with Gasteiger partial charge in [0.25, 0.3) is 11.8 Å². The Kier molecular flexibility index (Phi) is 8.86. The zero-order valence-electron chi connectivity index (χ0n) is 24.9. The van der Waals surface area contributed by atoms with E-state index in [0.717, 1.165) is 81.8 Å². The van der Waals surface area contributed by atoms with E-state index in [1.165, 1.54) is 0 Å². The van der Waals surface area contributed by atoms with Gasteiger partial charge in [0.2, 0.25) is 11.8 Å². The summed E-state index contributed by atoms with van der Waals surface area (Å²) < 4.78 is 5.38. The first-order valence-corrected chi connectivity index (χ1v) is 15.3. The maximum atomic E-state index is 13.5. The summed E-state index contributed by atoms with van der Waals surface area (Å²) in [5.74, 6) is -1.41. The molecule has 2 unspecified atom stereocenters. The molecule has 5 amide bonds. The van der Waals surface area contributed by atoms with E-state index in [1.807, 2.05) is 26.8 Å². The van der Waals surface area contributed by atoms with Gasteiger partial charge in [0, 0.05) is 38.6 Å². The second-order valence-corrected chi connectivity index (χ2v) is 13.0. The Hall–Kier alpha value is -3.47. The van der Waals surface area contributed by atoms with Gasteiger partial charge in [-0.15, -0.1) is 0 Å². The first kappa shape index (κ1) is 30.0. The SMILES string of the molecule is CC(C)(C)OC(=O)NC1CCN(CCCC2CCCN(c3cccc4c3C(=O)N(C3CCC(=O)NC3=O)C4=O)C2)CC1. The first-order chi connectivity index (χ1) is 20.0. The number of ether oxygens (including phenoxy) is 1. The maximum absolute atomic E-state index is 13.5. The van der Waals surface area contributed by atoms with Gasteiger partial charge in [-0.25, -0.2) is 4.79 Å². The highest BCUT2D eigenvalue weighted by atomic mass is 16.6. The summed E-state index contributed by atoms with van der Waals surface area (Å²) in [6.07, 6.45) is 6.03. The second kappa shape index (κ2) is 12.4. The monoisotopic (exact) mass is 581 g/mol. The van der Waals surface area contributed by atoms with E-state index < -0.39 is 29.4 Å². The number of benzene rings is 1. The highest BCUT2D eigenvalue weighted by Gasteiger charge is 2.46. The van der Waals surface area contributed by atoms with Crippen LogP contribution in [0, 0.1) is 5.92 Å². The lowest BCUT2D eigenvalue weighted by molar-refractivity contribution is -0.136. The predicted octanol–water partition coefficient (Wildman–Crippen LogP) is 3.07. The quantitative estimate of drug-likeness (QED) is 0.471. The van der Waals surface area contributed by atoms with E-state index in [9.17, 15) is 24.0 Å². The zero-order valence-corrected chi connectivity index (χ0v) is 24.9. The zero-order chi connectivity index (χ0) is 30.0. The van der Waals surface area contributed by atoms with Crippen LogP contribution in [0.5, 0.6) is 0 Å². The number of nitrogens with one attached hydrogen (secondary N) is 2. The van der Waals surface area contributed by atoms with Gasteiger partial charge in [0.15, 0.2) is 0 Å². The molecule has 3 saturated heterocycles. The molecule has 11 heteroatoms. The van der Waals surface area contributed by atoms with Gasteiger partial charge in [-0.2, -0.15) is 0 Å². The minimum absolute atomic E-state index is 0.103. The van der Waals surface area contributed by atoms with Crippen LogP contribution in [0.3, 0.4) is 0 Å². The molecule has 2 atom stereocenters. The molecule has 5 rings (SSSR count). The average molecular weight is 582 g/mol. The summed E-state index contributed by atoms with van der Waals surface area (Å²) in [4.78, 5) is 68.7. The fraction of sp³-hybridized carbons (Fsp3) is 0.645. The van der Waals surface area contributed by atoms with E-state index in [-0.39, 0.29) is 30.9 Å². The maximum Gasteiger partial charge on any atom is 0.407 e. The van der Waals surface area contributed by atoms with Crippen LogP contribution in [0.2, 0.25) is 0 Å². The molecule has 2 N–H and O–H groups in total. The lowest BCUT2D eigenvalue weighted by Gasteiger charge is -2.36. The van der Waals surface area contributed by atoms with Gasteiger partial charge in [-0.1, -0.05) is 6.07 Å². The number of fused-ring (bicyclic) bond motifs is 1. The van der Waals surface area contributed by atoms with Gasteiger partial charge in [0.1, 0.15) is 11.6 Å².